The van der Waals surface area contributed by atoms with E-state index in [1.807, 2.05) is 6.07 Å². The molecule has 0 N–H and O–H groups in total. The molecule has 0 aliphatic heterocycles. The molecular formula is C20H17ClN2O4. The van der Waals surface area contributed by atoms with Gasteiger partial charge in [0.1, 0.15) is 11.8 Å². The van der Waals surface area contributed by atoms with Crippen LogP contribution in [0.5, 0.6) is 11.5 Å². The van der Waals surface area contributed by atoms with E-state index in [0.717, 1.165) is 0 Å². The number of hydrogen-bond donors (Lipinski definition) is 0. The van der Waals surface area contributed by atoms with Gasteiger partial charge in [0.05, 0.1) is 15.5 Å². The van der Waals surface area contributed by atoms with Crippen LogP contribution in [0, 0.1) is 26.9 Å². The summed E-state index contributed by atoms with van der Waals surface area (Å²) in [5.41, 5.74) is -0.760. The molecule has 0 unspecified atom stereocenters. The average molecular weight is 385 g/mol. The van der Waals surface area contributed by atoms with Crippen molar-refractivity contribution in [2.75, 3.05) is 0 Å². The minimum atomic E-state index is -0.736. The van der Waals surface area contributed by atoms with Crippen molar-refractivity contribution in [1.82, 2.24) is 0 Å². The lowest BCUT2D eigenvalue weighted by atomic mass is 9.86. The van der Waals surface area contributed by atoms with Crippen molar-refractivity contribution in [2.24, 2.45) is 5.41 Å². The van der Waals surface area contributed by atoms with Crippen LogP contribution in [0.3, 0.4) is 0 Å². The van der Waals surface area contributed by atoms with E-state index in [9.17, 15) is 20.2 Å². The molecule has 0 aromatic heterocycles. The van der Waals surface area contributed by atoms with Crippen LogP contribution in [-0.2, 0) is 4.79 Å². The van der Waals surface area contributed by atoms with Gasteiger partial charge in [0.2, 0.25) is 5.75 Å². The van der Waals surface area contributed by atoms with Gasteiger partial charge >= 0.3 is 5.69 Å². The van der Waals surface area contributed by atoms with Gasteiger partial charge in [0.15, 0.2) is 5.78 Å². The first-order valence-corrected chi connectivity index (χ1v) is 8.38. The third-order valence-electron chi connectivity index (χ3n) is 3.59. The molecule has 7 heteroatoms. The molecule has 0 saturated heterocycles. The van der Waals surface area contributed by atoms with Crippen LogP contribution in [-0.4, -0.2) is 10.7 Å². The van der Waals surface area contributed by atoms with E-state index in [-0.39, 0.29) is 28.5 Å². The molecule has 2 aromatic rings. The number of nitriles is 1. The van der Waals surface area contributed by atoms with E-state index in [0.29, 0.717) is 10.6 Å². The summed E-state index contributed by atoms with van der Waals surface area (Å²) < 4.78 is 5.56. The largest absolute Gasteiger partial charge is 0.449 e. The van der Waals surface area contributed by atoms with Gasteiger partial charge in [-0.1, -0.05) is 50.6 Å². The Labute approximate surface area is 161 Å². The minimum absolute atomic E-state index is 0.00547. The molecule has 0 aliphatic carbocycles. The second-order valence-electron chi connectivity index (χ2n) is 6.77. The fourth-order valence-corrected chi connectivity index (χ4v) is 2.39. The van der Waals surface area contributed by atoms with Crippen molar-refractivity contribution in [3.05, 3.63) is 68.7 Å². The first-order valence-electron chi connectivity index (χ1n) is 8.01. The topological polar surface area (TPSA) is 93.2 Å². The number of para-hydroxylation sites is 1. The second-order valence-corrected chi connectivity index (χ2v) is 7.17. The van der Waals surface area contributed by atoms with Gasteiger partial charge in [-0.15, -0.1) is 0 Å². The second kappa shape index (κ2) is 8.02. The molecule has 0 saturated carbocycles. The number of nitro benzene ring substituents is 1. The lowest BCUT2D eigenvalue weighted by Gasteiger charge is -2.15. The Morgan fingerprint density at radius 2 is 1.89 bits per heavy atom. The highest BCUT2D eigenvalue weighted by molar-refractivity contribution is 6.32. The highest BCUT2D eigenvalue weighted by Crippen LogP contribution is 2.35. The smallest absolute Gasteiger partial charge is 0.312 e. The average Bonchev–Trinajstić information content (AvgIpc) is 2.61. The molecule has 0 fully saturated rings. The van der Waals surface area contributed by atoms with E-state index in [1.54, 1.807) is 45.0 Å². The maximum atomic E-state index is 12.3. The molecule has 6 nitrogen and oxygen atoms in total. The quantitative estimate of drug-likeness (QED) is 0.291. The Balaban J connectivity index is 2.45. The number of halogens is 1. The predicted molar refractivity (Wildman–Crippen MR) is 103 cm³/mol. The van der Waals surface area contributed by atoms with Crippen LogP contribution in [0.4, 0.5) is 5.69 Å². The van der Waals surface area contributed by atoms with Crippen molar-refractivity contribution < 1.29 is 14.5 Å². The molecule has 27 heavy (non-hydrogen) atoms. The summed E-state index contributed by atoms with van der Waals surface area (Å²) in [6, 6.07) is 12.7. The zero-order chi connectivity index (χ0) is 20.2. The van der Waals surface area contributed by atoms with Crippen molar-refractivity contribution >= 4 is 29.1 Å². The zero-order valence-electron chi connectivity index (χ0n) is 15.0. The van der Waals surface area contributed by atoms with Crippen LogP contribution >= 0.6 is 11.6 Å². The van der Waals surface area contributed by atoms with Gasteiger partial charge < -0.3 is 4.74 Å². The number of rotatable bonds is 5. The van der Waals surface area contributed by atoms with Gasteiger partial charge in [-0.3, -0.25) is 14.9 Å². The molecule has 0 aliphatic rings. The first-order chi connectivity index (χ1) is 12.6. The summed E-state index contributed by atoms with van der Waals surface area (Å²) >= 11 is 6.02. The van der Waals surface area contributed by atoms with E-state index in [1.165, 1.54) is 24.3 Å². The van der Waals surface area contributed by atoms with Gasteiger partial charge in [-0.05, 0) is 29.8 Å². The third kappa shape index (κ3) is 4.93. The van der Waals surface area contributed by atoms with Crippen LogP contribution in [0.1, 0.15) is 26.3 Å². The van der Waals surface area contributed by atoms with Crippen molar-refractivity contribution in [2.45, 2.75) is 20.8 Å². The highest BCUT2D eigenvalue weighted by atomic mass is 35.5. The SMILES string of the molecule is CC(C)(C)C(=O)/C(C#N)=C/c1ccc(Oc2ccccc2Cl)c([N+](=O)[O-])c1. The number of benzene rings is 2. The van der Waals surface area contributed by atoms with Crippen LogP contribution in [0.25, 0.3) is 6.08 Å². The van der Waals surface area contributed by atoms with E-state index >= 15 is 0 Å². The Morgan fingerprint density at radius 1 is 1.22 bits per heavy atom. The van der Waals surface area contributed by atoms with E-state index < -0.39 is 10.3 Å². The number of nitrogens with zero attached hydrogens (tertiary/aromatic N) is 2. The normalized spacial score (nSPS) is 11.6. The lowest BCUT2D eigenvalue weighted by Crippen LogP contribution is -2.21. The molecule has 0 atom stereocenters. The fourth-order valence-electron chi connectivity index (χ4n) is 2.22. The summed E-state index contributed by atoms with van der Waals surface area (Å²) in [4.78, 5) is 23.1. The number of ether oxygens (including phenoxy) is 1. The monoisotopic (exact) mass is 384 g/mol. The van der Waals surface area contributed by atoms with Gasteiger partial charge in [-0.2, -0.15) is 5.26 Å². The molecule has 2 rings (SSSR count). The molecule has 0 heterocycles. The minimum Gasteiger partial charge on any atom is -0.449 e. The van der Waals surface area contributed by atoms with Gasteiger partial charge in [-0.25, -0.2) is 0 Å². The maximum absolute atomic E-state index is 12.3. The first kappa shape index (κ1) is 20.1. The maximum Gasteiger partial charge on any atom is 0.312 e. The number of allylic oxidation sites excluding steroid dienone is 1. The van der Waals surface area contributed by atoms with E-state index in [2.05, 4.69) is 0 Å². The Kier molecular flexibility index (Phi) is 5.98. The van der Waals surface area contributed by atoms with Gasteiger partial charge in [0, 0.05) is 11.5 Å². The summed E-state index contributed by atoms with van der Waals surface area (Å²) in [7, 11) is 0. The summed E-state index contributed by atoms with van der Waals surface area (Å²) in [5.74, 6) is -0.0545. The summed E-state index contributed by atoms with van der Waals surface area (Å²) in [6.07, 6.45) is 1.33. The molecule has 138 valence electrons. The number of carbonyl (C=O) groups is 1. The van der Waals surface area contributed by atoms with E-state index in [4.69, 9.17) is 16.3 Å². The van der Waals surface area contributed by atoms with Gasteiger partial charge in [0.25, 0.3) is 0 Å². The molecule has 0 spiro atoms. The van der Waals surface area contributed by atoms with Crippen LogP contribution in [0.2, 0.25) is 5.02 Å². The van der Waals surface area contributed by atoms with Crippen molar-refractivity contribution in [3.63, 3.8) is 0 Å². The number of ketones is 1. The molecule has 0 amide bonds. The predicted octanol–water partition coefficient (Wildman–Crippen LogP) is 5.56. The van der Waals surface area contributed by atoms with Crippen LogP contribution in [0.15, 0.2) is 48.0 Å². The lowest BCUT2D eigenvalue weighted by molar-refractivity contribution is -0.385. The Hall–Kier alpha value is -3.17. The van der Waals surface area contributed by atoms with Crippen molar-refractivity contribution in [3.8, 4) is 17.6 Å². The fraction of sp³-hybridized carbons (Fsp3) is 0.200. The van der Waals surface area contributed by atoms with Crippen molar-refractivity contribution in [1.29, 1.82) is 5.26 Å². The summed E-state index contributed by atoms with van der Waals surface area (Å²) in [6.45, 7) is 5.09. The molecule has 0 bridgehead atoms. The molecular weight excluding hydrogens is 368 g/mol. The Morgan fingerprint density at radius 3 is 2.44 bits per heavy atom. The number of Topliss-reactive ketones (excluding diaryl/α,β-unsaturated/α-hetero) is 1. The number of hydrogen-bond acceptors (Lipinski definition) is 5. The zero-order valence-corrected chi connectivity index (χ0v) is 15.8. The third-order valence-corrected chi connectivity index (χ3v) is 3.91. The Bertz CT molecular complexity index is 969. The number of carbonyl (C=O) groups excluding carboxylic acids is 1. The molecule has 2 aromatic carbocycles. The summed E-state index contributed by atoms with van der Waals surface area (Å²) in [5, 5.41) is 21.0. The van der Waals surface area contributed by atoms with Crippen LogP contribution < -0.4 is 4.74 Å². The highest BCUT2D eigenvalue weighted by Gasteiger charge is 2.25. The molecule has 0 radical (unpaired) electrons. The number of nitro groups is 1. The standard InChI is InChI=1S/C20H17ClN2O4/c1-20(2,3)19(24)14(12-22)10-13-8-9-18(16(11-13)23(25)26)27-17-7-5-4-6-15(17)21/h4-11H,1-3H3/b14-10+.